The highest BCUT2D eigenvalue weighted by atomic mass is 16.6. The first-order chi connectivity index (χ1) is 5.07. The van der Waals surface area contributed by atoms with Crippen molar-refractivity contribution in [3.8, 4) is 0 Å². The Morgan fingerprint density at radius 3 is 2.45 bits per heavy atom. The molecule has 0 bridgehead atoms. The summed E-state index contributed by atoms with van der Waals surface area (Å²) in [4.78, 5) is 9.63. The summed E-state index contributed by atoms with van der Waals surface area (Å²) in [6.45, 7) is 3.87. The molecule has 0 aromatic heterocycles. The normalized spacial score (nSPS) is 12.8. The van der Waals surface area contributed by atoms with Gasteiger partial charge in [0.1, 0.15) is 0 Å². The van der Waals surface area contributed by atoms with Crippen LogP contribution in [0.2, 0.25) is 0 Å². The van der Waals surface area contributed by atoms with Gasteiger partial charge in [-0.25, -0.2) is 0 Å². The van der Waals surface area contributed by atoms with E-state index in [1.807, 2.05) is 13.8 Å². The zero-order valence-corrected chi connectivity index (χ0v) is 6.65. The number of hydrogen-bond donors (Lipinski definition) is 1. The Morgan fingerprint density at radius 1 is 1.64 bits per heavy atom. The second-order valence-corrected chi connectivity index (χ2v) is 2.45. The molecule has 0 saturated heterocycles. The number of rotatable bonds is 3. The molecule has 0 aliphatic rings. The molecule has 0 aromatic rings. The molecule has 0 amide bonds. The first kappa shape index (κ1) is 9.68. The van der Waals surface area contributed by atoms with Gasteiger partial charge in [0.15, 0.2) is 0 Å². The number of hydrogen-bond acceptors (Lipinski definition) is 3. The second kappa shape index (κ2) is 4.49. The molecular formula is C7H12N2O2. The predicted octanol–water partition coefficient (Wildman–Crippen LogP) is 1.28. The van der Waals surface area contributed by atoms with Crippen molar-refractivity contribution in [2.45, 2.75) is 13.8 Å². The van der Waals surface area contributed by atoms with Crippen LogP contribution in [0, 0.1) is 16.0 Å². The minimum Gasteiger partial charge on any atom is -0.399 e. The zero-order chi connectivity index (χ0) is 8.85. The third-order valence-corrected chi connectivity index (χ3v) is 1.03. The van der Waals surface area contributed by atoms with E-state index < -0.39 is 4.92 Å². The molecule has 0 aromatic carbocycles. The molecule has 4 heteroatoms. The molecule has 62 valence electrons. The first-order valence-corrected chi connectivity index (χ1v) is 3.32. The van der Waals surface area contributed by atoms with E-state index in [-0.39, 0.29) is 5.70 Å². The standard InChI is InChI=1S/C7H12N2O2/c1-6(2)3-4-7(5-8)9(10)11/h3-6H,8H2,1-2H3/b4-3-,7-5+. The molecule has 4 nitrogen and oxygen atoms in total. The molecule has 2 N–H and O–H groups in total. The number of nitro groups is 1. The summed E-state index contributed by atoms with van der Waals surface area (Å²) < 4.78 is 0. The van der Waals surface area contributed by atoms with E-state index in [9.17, 15) is 10.1 Å². The molecular weight excluding hydrogens is 144 g/mol. The smallest absolute Gasteiger partial charge is 0.284 e. The molecule has 0 saturated carbocycles. The highest BCUT2D eigenvalue weighted by Gasteiger charge is 2.02. The quantitative estimate of drug-likeness (QED) is 0.380. The van der Waals surface area contributed by atoms with Crippen molar-refractivity contribution in [2.24, 2.45) is 11.7 Å². The van der Waals surface area contributed by atoms with Gasteiger partial charge < -0.3 is 5.73 Å². The van der Waals surface area contributed by atoms with E-state index in [2.05, 4.69) is 0 Å². The molecule has 0 spiro atoms. The maximum absolute atomic E-state index is 10.1. The van der Waals surface area contributed by atoms with Gasteiger partial charge in [-0.1, -0.05) is 19.9 Å². The summed E-state index contributed by atoms with van der Waals surface area (Å²) in [6, 6.07) is 0. The van der Waals surface area contributed by atoms with Crippen LogP contribution in [0.5, 0.6) is 0 Å². The second-order valence-electron chi connectivity index (χ2n) is 2.45. The van der Waals surface area contributed by atoms with Crippen LogP contribution < -0.4 is 5.73 Å². The molecule has 0 atom stereocenters. The molecule has 0 rings (SSSR count). The maximum Gasteiger partial charge on any atom is 0.284 e. The summed E-state index contributed by atoms with van der Waals surface area (Å²) in [6.07, 6.45) is 4.12. The average molecular weight is 156 g/mol. The van der Waals surface area contributed by atoms with Crippen molar-refractivity contribution >= 4 is 0 Å². The van der Waals surface area contributed by atoms with Crippen molar-refractivity contribution in [3.05, 3.63) is 34.2 Å². The van der Waals surface area contributed by atoms with Gasteiger partial charge in [0.2, 0.25) is 0 Å². The fourth-order valence-electron chi connectivity index (χ4n) is 0.468. The molecule has 0 aliphatic carbocycles. The number of nitrogens with two attached hydrogens (primary N) is 1. The third kappa shape index (κ3) is 4.13. The fraction of sp³-hybridized carbons (Fsp3) is 0.429. The molecule has 0 fully saturated rings. The van der Waals surface area contributed by atoms with Gasteiger partial charge in [-0.2, -0.15) is 0 Å². The van der Waals surface area contributed by atoms with Crippen molar-refractivity contribution < 1.29 is 4.92 Å². The molecule has 0 unspecified atom stereocenters. The largest absolute Gasteiger partial charge is 0.399 e. The summed E-state index contributed by atoms with van der Waals surface area (Å²) in [7, 11) is 0. The van der Waals surface area contributed by atoms with Crippen LogP contribution in [0.3, 0.4) is 0 Å². The van der Waals surface area contributed by atoms with Crippen LogP contribution in [-0.2, 0) is 0 Å². The van der Waals surface area contributed by atoms with Gasteiger partial charge in [0.05, 0.1) is 11.1 Å². The number of allylic oxidation sites excluding steroid dienone is 2. The lowest BCUT2D eigenvalue weighted by Gasteiger charge is -1.92. The molecule has 0 radical (unpaired) electrons. The summed E-state index contributed by atoms with van der Waals surface area (Å²) in [5.74, 6) is 0.296. The topological polar surface area (TPSA) is 69.2 Å². The van der Waals surface area contributed by atoms with Gasteiger partial charge in [0.25, 0.3) is 5.70 Å². The Bertz CT molecular complexity index is 195. The van der Waals surface area contributed by atoms with E-state index in [0.717, 1.165) is 6.20 Å². The van der Waals surface area contributed by atoms with Crippen LogP contribution in [0.25, 0.3) is 0 Å². The lowest BCUT2D eigenvalue weighted by Crippen LogP contribution is -1.98. The molecule has 0 aliphatic heterocycles. The monoisotopic (exact) mass is 156 g/mol. The van der Waals surface area contributed by atoms with Gasteiger partial charge in [0, 0.05) is 6.08 Å². The van der Waals surface area contributed by atoms with Gasteiger partial charge in [-0.3, -0.25) is 10.1 Å². The lowest BCUT2D eigenvalue weighted by molar-refractivity contribution is -0.419. The third-order valence-electron chi connectivity index (χ3n) is 1.03. The van der Waals surface area contributed by atoms with Crippen LogP contribution in [0.15, 0.2) is 24.0 Å². The Morgan fingerprint density at radius 2 is 2.18 bits per heavy atom. The van der Waals surface area contributed by atoms with Gasteiger partial charge in [-0.15, -0.1) is 0 Å². The maximum atomic E-state index is 10.1. The highest BCUT2D eigenvalue weighted by molar-refractivity contribution is 5.09. The molecule has 0 heterocycles. The van der Waals surface area contributed by atoms with Crippen LogP contribution in [-0.4, -0.2) is 4.92 Å². The minimum atomic E-state index is -0.515. The first-order valence-electron chi connectivity index (χ1n) is 3.32. The fourth-order valence-corrected chi connectivity index (χ4v) is 0.468. The number of nitrogens with zero attached hydrogens (tertiary/aromatic N) is 1. The zero-order valence-electron chi connectivity index (χ0n) is 6.65. The van der Waals surface area contributed by atoms with Crippen molar-refractivity contribution in [1.29, 1.82) is 0 Å². The minimum absolute atomic E-state index is 0.0706. The lowest BCUT2D eigenvalue weighted by atomic mass is 10.2. The van der Waals surface area contributed by atoms with E-state index in [1.54, 1.807) is 6.08 Å². The van der Waals surface area contributed by atoms with Crippen LogP contribution >= 0.6 is 0 Å². The summed E-state index contributed by atoms with van der Waals surface area (Å²) in [5, 5.41) is 10.1. The van der Waals surface area contributed by atoms with E-state index in [4.69, 9.17) is 5.73 Å². The Hall–Kier alpha value is -1.32. The average Bonchev–Trinajstić information content (AvgIpc) is 1.87. The predicted molar refractivity (Wildman–Crippen MR) is 43.2 cm³/mol. The van der Waals surface area contributed by atoms with Crippen molar-refractivity contribution in [2.75, 3.05) is 0 Å². The van der Waals surface area contributed by atoms with Crippen molar-refractivity contribution in [3.63, 3.8) is 0 Å². The van der Waals surface area contributed by atoms with Crippen LogP contribution in [0.4, 0.5) is 0 Å². The summed E-state index contributed by atoms with van der Waals surface area (Å²) in [5.41, 5.74) is 4.93. The van der Waals surface area contributed by atoms with E-state index in [0.29, 0.717) is 5.92 Å². The van der Waals surface area contributed by atoms with Gasteiger partial charge in [-0.05, 0) is 5.92 Å². The molecule has 11 heavy (non-hydrogen) atoms. The Labute approximate surface area is 65.5 Å². The van der Waals surface area contributed by atoms with E-state index in [1.165, 1.54) is 6.08 Å². The van der Waals surface area contributed by atoms with E-state index >= 15 is 0 Å². The Kier molecular flexibility index (Phi) is 3.95. The highest BCUT2D eigenvalue weighted by Crippen LogP contribution is 2.00. The van der Waals surface area contributed by atoms with Crippen molar-refractivity contribution in [1.82, 2.24) is 0 Å². The SMILES string of the molecule is CC(C)/C=C\C(=C/N)[N+](=O)[O-]. The Balaban J connectivity index is 4.22. The van der Waals surface area contributed by atoms with Gasteiger partial charge >= 0.3 is 0 Å². The summed E-state index contributed by atoms with van der Waals surface area (Å²) >= 11 is 0. The van der Waals surface area contributed by atoms with Crippen LogP contribution in [0.1, 0.15) is 13.8 Å².